The summed E-state index contributed by atoms with van der Waals surface area (Å²) in [6, 6.07) is 3.54. The zero-order chi connectivity index (χ0) is 14.5. The molecule has 0 aliphatic carbocycles. The first kappa shape index (κ1) is 14.2. The Morgan fingerprint density at radius 3 is 2.80 bits per heavy atom. The van der Waals surface area contributed by atoms with Crippen molar-refractivity contribution in [2.45, 2.75) is 26.4 Å². The van der Waals surface area contributed by atoms with Crippen molar-refractivity contribution < 1.29 is 14.6 Å². The molecule has 0 spiro atoms. The lowest BCUT2D eigenvalue weighted by atomic mass is 10.2. The van der Waals surface area contributed by atoms with Gasteiger partial charge in [-0.1, -0.05) is 6.92 Å². The number of esters is 1. The monoisotopic (exact) mass is 275 g/mol. The van der Waals surface area contributed by atoms with E-state index in [1.54, 1.807) is 36.1 Å². The van der Waals surface area contributed by atoms with Gasteiger partial charge in [-0.05, 0) is 25.5 Å². The number of carbonyl (C=O) groups is 1. The highest BCUT2D eigenvalue weighted by Gasteiger charge is 2.11. The Hall–Kier alpha value is -2.21. The van der Waals surface area contributed by atoms with Gasteiger partial charge in [0.15, 0.2) is 0 Å². The second-order valence-electron chi connectivity index (χ2n) is 4.26. The van der Waals surface area contributed by atoms with Gasteiger partial charge in [0.25, 0.3) is 0 Å². The van der Waals surface area contributed by atoms with Crippen LogP contribution in [-0.4, -0.2) is 32.4 Å². The molecule has 0 aliphatic heterocycles. The van der Waals surface area contributed by atoms with E-state index in [9.17, 15) is 9.90 Å². The number of aliphatic hydroxyl groups excluding tert-OH is 1. The van der Waals surface area contributed by atoms with Gasteiger partial charge in [0.05, 0.1) is 42.0 Å². The lowest BCUT2D eigenvalue weighted by Gasteiger charge is -2.07. The standard InChI is InChI=1S/C14H17N3O3/c1-3-13(18)12-6-5-11(8-15-12)17-9-10(7-16-17)14(19)20-4-2/h5-9,13,18H,3-4H2,1-2H3/t13-/m1/s1. The highest BCUT2D eigenvalue weighted by molar-refractivity contribution is 5.88. The molecule has 2 aromatic rings. The fourth-order valence-corrected chi connectivity index (χ4v) is 1.72. The second-order valence-corrected chi connectivity index (χ2v) is 4.26. The van der Waals surface area contributed by atoms with E-state index in [0.717, 1.165) is 0 Å². The molecule has 0 bridgehead atoms. The Balaban J connectivity index is 2.18. The Labute approximate surface area is 117 Å². The van der Waals surface area contributed by atoms with Crippen LogP contribution in [0, 0.1) is 0 Å². The molecule has 1 N–H and O–H groups in total. The van der Waals surface area contributed by atoms with Crippen LogP contribution in [0.25, 0.3) is 5.69 Å². The fraction of sp³-hybridized carbons (Fsp3) is 0.357. The number of nitrogens with zero attached hydrogens (tertiary/aromatic N) is 3. The van der Waals surface area contributed by atoms with Gasteiger partial charge in [-0.2, -0.15) is 5.10 Å². The molecule has 2 heterocycles. The van der Waals surface area contributed by atoms with E-state index in [-0.39, 0.29) is 0 Å². The third kappa shape index (κ3) is 3.03. The number of hydrogen-bond donors (Lipinski definition) is 1. The van der Waals surface area contributed by atoms with Crippen molar-refractivity contribution in [2.75, 3.05) is 6.61 Å². The third-order valence-electron chi connectivity index (χ3n) is 2.86. The maximum atomic E-state index is 11.5. The summed E-state index contributed by atoms with van der Waals surface area (Å²) in [6.07, 6.45) is 4.70. The summed E-state index contributed by atoms with van der Waals surface area (Å²) in [5, 5.41) is 13.8. The number of rotatable bonds is 5. The SMILES string of the molecule is CCOC(=O)c1cnn(-c2ccc([C@H](O)CC)nc2)c1. The van der Waals surface area contributed by atoms with Crippen molar-refractivity contribution >= 4 is 5.97 Å². The van der Waals surface area contributed by atoms with Crippen LogP contribution in [0.2, 0.25) is 0 Å². The highest BCUT2D eigenvalue weighted by Crippen LogP contribution is 2.15. The first-order valence-corrected chi connectivity index (χ1v) is 6.51. The van der Waals surface area contributed by atoms with E-state index in [1.165, 1.54) is 6.20 Å². The van der Waals surface area contributed by atoms with Crippen molar-refractivity contribution in [3.63, 3.8) is 0 Å². The van der Waals surface area contributed by atoms with Crippen LogP contribution in [-0.2, 0) is 4.74 Å². The third-order valence-corrected chi connectivity index (χ3v) is 2.86. The van der Waals surface area contributed by atoms with Crippen LogP contribution >= 0.6 is 0 Å². The molecular weight excluding hydrogens is 258 g/mol. The van der Waals surface area contributed by atoms with Crippen LogP contribution in [0.15, 0.2) is 30.7 Å². The quantitative estimate of drug-likeness (QED) is 0.843. The van der Waals surface area contributed by atoms with Gasteiger partial charge in [0, 0.05) is 6.20 Å². The maximum absolute atomic E-state index is 11.5. The first-order valence-electron chi connectivity index (χ1n) is 6.51. The molecule has 0 radical (unpaired) electrons. The number of aromatic nitrogens is 3. The molecular formula is C14H17N3O3. The summed E-state index contributed by atoms with van der Waals surface area (Å²) in [7, 11) is 0. The molecule has 1 atom stereocenters. The van der Waals surface area contributed by atoms with Crippen molar-refractivity contribution in [3.05, 3.63) is 42.0 Å². The molecule has 106 valence electrons. The molecule has 0 aliphatic rings. The predicted octanol–water partition coefficient (Wildman–Crippen LogP) is 1.89. The molecule has 0 fully saturated rings. The van der Waals surface area contributed by atoms with Gasteiger partial charge in [0.2, 0.25) is 0 Å². The zero-order valence-electron chi connectivity index (χ0n) is 11.5. The van der Waals surface area contributed by atoms with E-state index in [2.05, 4.69) is 10.1 Å². The van der Waals surface area contributed by atoms with Gasteiger partial charge in [0.1, 0.15) is 0 Å². The summed E-state index contributed by atoms with van der Waals surface area (Å²) < 4.78 is 6.44. The van der Waals surface area contributed by atoms with Crippen LogP contribution in [0.5, 0.6) is 0 Å². The van der Waals surface area contributed by atoms with Crippen LogP contribution in [0.1, 0.15) is 42.4 Å². The number of pyridine rings is 1. The van der Waals surface area contributed by atoms with E-state index < -0.39 is 12.1 Å². The minimum absolute atomic E-state index is 0.329. The largest absolute Gasteiger partial charge is 0.462 e. The molecule has 0 unspecified atom stereocenters. The number of hydrogen-bond acceptors (Lipinski definition) is 5. The lowest BCUT2D eigenvalue weighted by Crippen LogP contribution is -2.03. The van der Waals surface area contributed by atoms with Crippen molar-refractivity contribution in [1.29, 1.82) is 0 Å². The Bertz CT molecular complexity index is 578. The molecule has 2 aromatic heterocycles. The Kier molecular flexibility index (Phi) is 4.47. The van der Waals surface area contributed by atoms with E-state index >= 15 is 0 Å². The molecule has 6 nitrogen and oxygen atoms in total. The highest BCUT2D eigenvalue weighted by atomic mass is 16.5. The van der Waals surface area contributed by atoms with Crippen LogP contribution in [0.3, 0.4) is 0 Å². The van der Waals surface area contributed by atoms with E-state index in [4.69, 9.17) is 4.74 Å². The summed E-state index contributed by atoms with van der Waals surface area (Å²) in [6.45, 7) is 3.97. The normalized spacial score (nSPS) is 12.2. The second kappa shape index (κ2) is 6.29. The molecule has 0 amide bonds. The molecule has 0 saturated heterocycles. The first-order chi connectivity index (χ1) is 9.65. The van der Waals surface area contributed by atoms with Gasteiger partial charge >= 0.3 is 5.97 Å². The van der Waals surface area contributed by atoms with Gasteiger partial charge in [-0.3, -0.25) is 4.98 Å². The van der Waals surface area contributed by atoms with Crippen molar-refractivity contribution in [3.8, 4) is 5.69 Å². The molecule has 0 saturated carbocycles. The maximum Gasteiger partial charge on any atom is 0.341 e. The topological polar surface area (TPSA) is 77.2 Å². The average Bonchev–Trinajstić information content (AvgIpc) is 2.97. The average molecular weight is 275 g/mol. The smallest absolute Gasteiger partial charge is 0.341 e. The minimum Gasteiger partial charge on any atom is -0.462 e. The molecule has 2 rings (SSSR count). The molecule has 20 heavy (non-hydrogen) atoms. The Morgan fingerprint density at radius 1 is 1.40 bits per heavy atom. The number of carbonyl (C=O) groups excluding carboxylic acids is 1. The van der Waals surface area contributed by atoms with Gasteiger partial charge < -0.3 is 9.84 Å². The fourth-order valence-electron chi connectivity index (χ4n) is 1.72. The van der Waals surface area contributed by atoms with Crippen molar-refractivity contribution in [1.82, 2.24) is 14.8 Å². The van der Waals surface area contributed by atoms with Gasteiger partial charge in [-0.15, -0.1) is 0 Å². The van der Waals surface area contributed by atoms with E-state index in [1.807, 2.05) is 6.92 Å². The van der Waals surface area contributed by atoms with Gasteiger partial charge in [-0.25, -0.2) is 9.48 Å². The summed E-state index contributed by atoms with van der Waals surface area (Å²) in [4.78, 5) is 15.7. The summed E-state index contributed by atoms with van der Waals surface area (Å²) in [5.74, 6) is -0.398. The van der Waals surface area contributed by atoms with Crippen LogP contribution in [0.4, 0.5) is 0 Å². The number of ether oxygens (including phenoxy) is 1. The number of aliphatic hydroxyl groups is 1. The molecule has 6 heteroatoms. The van der Waals surface area contributed by atoms with E-state index in [0.29, 0.717) is 30.0 Å². The minimum atomic E-state index is -0.559. The van der Waals surface area contributed by atoms with Crippen LogP contribution < -0.4 is 0 Å². The summed E-state index contributed by atoms with van der Waals surface area (Å²) in [5.41, 5.74) is 1.73. The van der Waals surface area contributed by atoms with Crippen molar-refractivity contribution in [2.24, 2.45) is 0 Å². The summed E-state index contributed by atoms with van der Waals surface area (Å²) >= 11 is 0. The predicted molar refractivity (Wildman–Crippen MR) is 72.6 cm³/mol. The molecule has 0 aromatic carbocycles. The lowest BCUT2D eigenvalue weighted by molar-refractivity contribution is 0.0526. The zero-order valence-corrected chi connectivity index (χ0v) is 11.5. The Morgan fingerprint density at radius 2 is 2.20 bits per heavy atom.